The normalized spacial score (nSPS) is 13.1. The molecule has 0 saturated heterocycles. The van der Waals surface area contributed by atoms with Crippen LogP contribution in [0.2, 0.25) is 32.7 Å². The first-order valence-corrected chi connectivity index (χ1v) is 10.9. The fraction of sp³-hybridized carbons (Fsp3) is 1.00. The van der Waals surface area contributed by atoms with Crippen molar-refractivity contribution in [2.24, 2.45) is 0 Å². The molecule has 0 fully saturated rings. The molecule has 0 spiro atoms. The zero-order chi connectivity index (χ0) is 9.07. The van der Waals surface area contributed by atoms with E-state index in [-0.39, 0.29) is 0 Å². The van der Waals surface area contributed by atoms with Crippen molar-refractivity contribution in [2.45, 2.75) is 46.1 Å². The van der Waals surface area contributed by atoms with Gasteiger partial charge < -0.3 is 4.23 Å². The van der Waals surface area contributed by atoms with E-state index in [0.29, 0.717) is 0 Å². The fourth-order valence-electron chi connectivity index (χ4n) is 1.61. The predicted octanol–water partition coefficient (Wildman–Crippen LogP) is 2.52. The van der Waals surface area contributed by atoms with Gasteiger partial charge in [-0.25, -0.2) is 0 Å². The molecule has 0 saturated carbocycles. The van der Waals surface area contributed by atoms with E-state index in [9.17, 15) is 0 Å². The number of rotatable bonds is 4. The average molecular weight is 189 g/mol. The highest BCUT2D eigenvalue weighted by Gasteiger charge is 2.24. The molecule has 0 aliphatic rings. The summed E-state index contributed by atoms with van der Waals surface area (Å²) in [6, 6.07) is 0. The van der Waals surface area contributed by atoms with Crippen molar-refractivity contribution in [1.29, 1.82) is 0 Å². The second-order valence-electron chi connectivity index (χ2n) is 4.46. The molecule has 0 aromatic heterocycles. The highest BCUT2D eigenvalue weighted by Crippen LogP contribution is 2.11. The summed E-state index contributed by atoms with van der Waals surface area (Å²) < 4.78 is 2.81. The fourth-order valence-corrected chi connectivity index (χ4v) is 9.47. The molecule has 0 bridgehead atoms. The number of hydrogen-bond acceptors (Lipinski definition) is 1. The van der Waals surface area contributed by atoms with E-state index in [0.717, 1.165) is 0 Å². The van der Waals surface area contributed by atoms with Gasteiger partial charge in [-0.3, -0.25) is 0 Å². The molecule has 0 aliphatic heterocycles. The van der Waals surface area contributed by atoms with Gasteiger partial charge in [0.15, 0.2) is 0 Å². The molecule has 0 unspecified atom stereocenters. The summed E-state index contributed by atoms with van der Waals surface area (Å²) in [6.07, 6.45) is 1.31. The van der Waals surface area contributed by atoms with Gasteiger partial charge in [0.05, 0.1) is 8.96 Å². The summed E-state index contributed by atoms with van der Waals surface area (Å²) in [5.74, 6) is 0. The highest BCUT2D eigenvalue weighted by molar-refractivity contribution is 6.82. The maximum Gasteiger partial charge on any atom is 0.112 e. The largest absolute Gasteiger partial charge is 0.348 e. The van der Waals surface area contributed by atoms with Gasteiger partial charge in [-0.2, -0.15) is 0 Å². The second kappa shape index (κ2) is 4.43. The summed E-state index contributed by atoms with van der Waals surface area (Å²) in [6.45, 7) is 15.9. The van der Waals surface area contributed by atoms with Gasteiger partial charge in [0.2, 0.25) is 0 Å². The van der Waals surface area contributed by atoms with Crippen LogP contribution in [-0.2, 0) is 0 Å². The SMILES string of the molecule is CCCN([SiH](C)C)[Si](C)(C)C. The van der Waals surface area contributed by atoms with Crippen molar-refractivity contribution >= 4 is 17.2 Å². The minimum absolute atomic E-state index is 0.533. The van der Waals surface area contributed by atoms with Crippen LogP contribution in [0.25, 0.3) is 0 Å². The first kappa shape index (κ1) is 11.4. The van der Waals surface area contributed by atoms with Gasteiger partial charge in [-0.15, -0.1) is 0 Å². The van der Waals surface area contributed by atoms with Crippen LogP contribution in [-0.4, -0.2) is 28.0 Å². The van der Waals surface area contributed by atoms with Crippen LogP contribution in [0.5, 0.6) is 0 Å². The van der Waals surface area contributed by atoms with Crippen LogP contribution < -0.4 is 0 Å². The molecular weight excluding hydrogens is 166 g/mol. The Labute approximate surface area is 74.6 Å². The lowest BCUT2D eigenvalue weighted by Crippen LogP contribution is -2.52. The van der Waals surface area contributed by atoms with E-state index >= 15 is 0 Å². The van der Waals surface area contributed by atoms with Crippen LogP contribution in [0.3, 0.4) is 0 Å². The van der Waals surface area contributed by atoms with E-state index in [1.54, 1.807) is 0 Å². The van der Waals surface area contributed by atoms with Crippen LogP contribution in [0.4, 0.5) is 0 Å². The molecule has 0 N–H and O–H groups in total. The molecule has 0 aromatic rings. The topological polar surface area (TPSA) is 3.24 Å². The molecule has 1 nitrogen and oxygen atoms in total. The van der Waals surface area contributed by atoms with E-state index < -0.39 is 17.2 Å². The Kier molecular flexibility index (Phi) is 4.59. The molecule has 3 heteroatoms. The predicted molar refractivity (Wildman–Crippen MR) is 59.2 cm³/mol. The maximum absolute atomic E-state index is 2.81. The van der Waals surface area contributed by atoms with Crippen LogP contribution in [0.1, 0.15) is 13.3 Å². The summed E-state index contributed by atoms with van der Waals surface area (Å²) >= 11 is 0. The van der Waals surface area contributed by atoms with Gasteiger partial charge in [0, 0.05) is 0 Å². The van der Waals surface area contributed by atoms with Gasteiger partial charge in [0.25, 0.3) is 0 Å². The summed E-state index contributed by atoms with van der Waals surface area (Å²) in [7, 11) is -1.51. The van der Waals surface area contributed by atoms with E-state index in [1.165, 1.54) is 13.0 Å². The highest BCUT2D eigenvalue weighted by atomic mass is 28.4. The van der Waals surface area contributed by atoms with Crippen molar-refractivity contribution in [3.8, 4) is 0 Å². The zero-order valence-corrected chi connectivity index (χ0v) is 11.1. The van der Waals surface area contributed by atoms with Crippen molar-refractivity contribution in [3.63, 3.8) is 0 Å². The quantitative estimate of drug-likeness (QED) is 0.614. The zero-order valence-electron chi connectivity index (χ0n) is 8.94. The minimum Gasteiger partial charge on any atom is -0.348 e. The Morgan fingerprint density at radius 3 is 1.73 bits per heavy atom. The Morgan fingerprint density at radius 2 is 1.64 bits per heavy atom. The van der Waals surface area contributed by atoms with Crippen molar-refractivity contribution in [3.05, 3.63) is 0 Å². The van der Waals surface area contributed by atoms with Crippen molar-refractivity contribution in [1.82, 2.24) is 4.23 Å². The Morgan fingerprint density at radius 1 is 1.18 bits per heavy atom. The summed E-state index contributed by atoms with van der Waals surface area (Å²) in [5, 5.41) is 0. The lowest BCUT2D eigenvalue weighted by atomic mass is 10.5. The molecule has 0 aromatic carbocycles. The average Bonchev–Trinajstić information content (AvgIpc) is 1.79. The van der Waals surface area contributed by atoms with Crippen LogP contribution in [0, 0.1) is 0 Å². The first-order chi connectivity index (χ1) is 4.89. The third kappa shape index (κ3) is 4.08. The third-order valence-corrected chi connectivity index (χ3v) is 9.27. The Balaban J connectivity index is 4.10. The smallest absolute Gasteiger partial charge is 0.112 e. The molecule has 0 aliphatic carbocycles. The summed E-state index contributed by atoms with van der Waals surface area (Å²) in [4.78, 5) is 0. The first-order valence-electron chi connectivity index (χ1n) is 4.66. The second-order valence-corrected chi connectivity index (χ2v) is 12.7. The van der Waals surface area contributed by atoms with Gasteiger partial charge in [0.1, 0.15) is 8.24 Å². The molecule has 0 atom stereocenters. The molecular formula is C8H23NSi2. The molecule has 68 valence electrons. The Bertz CT molecular complexity index is 107. The van der Waals surface area contributed by atoms with Gasteiger partial charge in [-0.05, 0) is 13.0 Å². The lowest BCUT2D eigenvalue weighted by molar-refractivity contribution is 0.616. The van der Waals surface area contributed by atoms with E-state index in [2.05, 4.69) is 43.9 Å². The van der Waals surface area contributed by atoms with Gasteiger partial charge in [-0.1, -0.05) is 39.7 Å². The number of hydrogen-bond donors (Lipinski definition) is 0. The van der Waals surface area contributed by atoms with Crippen molar-refractivity contribution < 1.29 is 0 Å². The van der Waals surface area contributed by atoms with Gasteiger partial charge >= 0.3 is 0 Å². The number of nitrogens with zero attached hydrogens (tertiary/aromatic N) is 1. The molecule has 0 amide bonds. The van der Waals surface area contributed by atoms with Crippen LogP contribution in [0.15, 0.2) is 0 Å². The molecule has 0 radical (unpaired) electrons. The molecule has 0 rings (SSSR count). The van der Waals surface area contributed by atoms with Crippen molar-refractivity contribution in [2.75, 3.05) is 6.54 Å². The van der Waals surface area contributed by atoms with E-state index in [4.69, 9.17) is 0 Å². The monoisotopic (exact) mass is 189 g/mol. The maximum atomic E-state index is 2.81. The lowest BCUT2D eigenvalue weighted by Gasteiger charge is -2.37. The summed E-state index contributed by atoms with van der Waals surface area (Å²) in [5.41, 5.74) is 0. The molecule has 11 heavy (non-hydrogen) atoms. The van der Waals surface area contributed by atoms with Crippen LogP contribution >= 0.6 is 0 Å². The Hall–Kier alpha value is 0.394. The third-order valence-electron chi connectivity index (χ3n) is 1.95. The van der Waals surface area contributed by atoms with E-state index in [1.807, 2.05) is 0 Å². The standard InChI is InChI=1S/C8H23NSi2/c1-7-8-9(10(2)3)11(4,5)6/h10H,7-8H2,1-6H3. The minimum atomic E-state index is -0.976. The molecule has 0 heterocycles.